The molecular weight excluding hydrogens is 224 g/mol. The highest BCUT2D eigenvalue weighted by Gasteiger charge is 2.11. The first kappa shape index (κ1) is 12.1. The third kappa shape index (κ3) is 2.46. The average Bonchev–Trinajstić information content (AvgIpc) is 2.80. The van der Waals surface area contributed by atoms with Gasteiger partial charge in [0.1, 0.15) is 6.07 Å². The fourth-order valence-electron chi connectivity index (χ4n) is 1.66. The summed E-state index contributed by atoms with van der Waals surface area (Å²) >= 11 is 0. The summed E-state index contributed by atoms with van der Waals surface area (Å²) in [5.41, 5.74) is 2.19. The van der Waals surface area contributed by atoms with E-state index in [0.29, 0.717) is 5.69 Å². The molecule has 4 nitrogen and oxygen atoms in total. The lowest BCUT2D eigenvalue weighted by Crippen LogP contribution is -2.05. The Hall–Kier alpha value is -2.41. The van der Waals surface area contributed by atoms with Gasteiger partial charge in [0.2, 0.25) is 0 Å². The summed E-state index contributed by atoms with van der Waals surface area (Å²) < 4.78 is 1.75. The molecule has 4 heteroatoms. The van der Waals surface area contributed by atoms with Crippen LogP contribution in [-0.2, 0) is 0 Å². The number of nitriles is 1. The predicted octanol–water partition coefficient (Wildman–Crippen LogP) is 2.90. The highest BCUT2D eigenvalue weighted by molar-refractivity contribution is 5.69. The van der Waals surface area contributed by atoms with Crippen molar-refractivity contribution in [3.8, 4) is 6.07 Å². The Bertz CT molecular complexity index is 588. The summed E-state index contributed by atoms with van der Waals surface area (Å²) in [6, 6.07) is 12.2. The van der Waals surface area contributed by atoms with E-state index in [1.54, 1.807) is 4.68 Å². The largest absolute Gasteiger partial charge is 0.241 e. The molecule has 2 aromatic rings. The Morgan fingerprint density at radius 2 is 1.94 bits per heavy atom. The lowest BCUT2D eigenvalue weighted by atomic mass is 10.2. The number of rotatable bonds is 3. The SMILES string of the molecule is CC(C)n1nnc(C#N)c1/C=C/c1ccccc1. The summed E-state index contributed by atoms with van der Waals surface area (Å²) in [4.78, 5) is 0. The van der Waals surface area contributed by atoms with E-state index in [4.69, 9.17) is 5.26 Å². The van der Waals surface area contributed by atoms with Crippen LogP contribution >= 0.6 is 0 Å². The second-order valence-electron chi connectivity index (χ2n) is 4.22. The van der Waals surface area contributed by atoms with Crippen molar-refractivity contribution in [3.63, 3.8) is 0 Å². The van der Waals surface area contributed by atoms with Crippen molar-refractivity contribution in [2.45, 2.75) is 19.9 Å². The van der Waals surface area contributed by atoms with Gasteiger partial charge in [0.25, 0.3) is 0 Å². The summed E-state index contributed by atoms with van der Waals surface area (Å²) in [6.45, 7) is 4.02. The van der Waals surface area contributed by atoms with E-state index in [2.05, 4.69) is 16.4 Å². The molecule has 0 aliphatic carbocycles. The topological polar surface area (TPSA) is 54.5 Å². The number of nitrogens with zero attached hydrogens (tertiary/aromatic N) is 4. The molecular formula is C14H14N4. The van der Waals surface area contributed by atoms with Gasteiger partial charge < -0.3 is 0 Å². The molecule has 0 amide bonds. The van der Waals surface area contributed by atoms with Crippen molar-refractivity contribution >= 4 is 12.2 Å². The minimum Gasteiger partial charge on any atom is -0.241 e. The Morgan fingerprint density at radius 1 is 1.22 bits per heavy atom. The molecule has 0 bridgehead atoms. The minimum atomic E-state index is 0.176. The van der Waals surface area contributed by atoms with Gasteiger partial charge in [-0.3, -0.25) is 0 Å². The standard InChI is InChI=1S/C14H14N4/c1-11(2)18-14(13(10-15)16-17-18)9-8-12-6-4-3-5-7-12/h3-9,11H,1-2H3/b9-8+. The maximum absolute atomic E-state index is 9.01. The summed E-state index contributed by atoms with van der Waals surface area (Å²) in [5, 5.41) is 16.9. The predicted molar refractivity (Wildman–Crippen MR) is 70.5 cm³/mol. The molecule has 18 heavy (non-hydrogen) atoms. The number of benzene rings is 1. The van der Waals surface area contributed by atoms with Gasteiger partial charge in [0.05, 0.1) is 5.69 Å². The molecule has 90 valence electrons. The van der Waals surface area contributed by atoms with Gasteiger partial charge in [0.15, 0.2) is 5.69 Å². The van der Waals surface area contributed by atoms with Crippen LogP contribution < -0.4 is 0 Å². The highest BCUT2D eigenvalue weighted by Crippen LogP contribution is 2.14. The number of aromatic nitrogens is 3. The summed E-state index contributed by atoms with van der Waals surface area (Å²) in [7, 11) is 0. The van der Waals surface area contributed by atoms with Crippen LogP contribution in [0, 0.1) is 11.3 Å². The number of hydrogen-bond acceptors (Lipinski definition) is 3. The van der Waals surface area contributed by atoms with Gasteiger partial charge in [-0.2, -0.15) is 5.26 Å². The summed E-state index contributed by atoms with van der Waals surface area (Å²) in [6.07, 6.45) is 3.84. The van der Waals surface area contributed by atoms with Crippen LogP contribution in [0.4, 0.5) is 0 Å². The lowest BCUT2D eigenvalue weighted by Gasteiger charge is -2.06. The Balaban J connectivity index is 2.37. The van der Waals surface area contributed by atoms with E-state index < -0.39 is 0 Å². The molecule has 0 saturated carbocycles. The van der Waals surface area contributed by atoms with Crippen molar-refractivity contribution < 1.29 is 0 Å². The Labute approximate surface area is 106 Å². The van der Waals surface area contributed by atoms with Crippen molar-refractivity contribution in [2.24, 2.45) is 0 Å². The average molecular weight is 238 g/mol. The smallest absolute Gasteiger partial charge is 0.190 e. The normalized spacial score (nSPS) is 11.0. The zero-order valence-corrected chi connectivity index (χ0v) is 10.4. The zero-order valence-electron chi connectivity index (χ0n) is 10.4. The second-order valence-corrected chi connectivity index (χ2v) is 4.22. The molecule has 0 N–H and O–H groups in total. The fourth-order valence-corrected chi connectivity index (χ4v) is 1.66. The van der Waals surface area contributed by atoms with E-state index >= 15 is 0 Å². The molecule has 1 aromatic heterocycles. The molecule has 0 aliphatic heterocycles. The maximum Gasteiger partial charge on any atom is 0.190 e. The van der Waals surface area contributed by atoms with Gasteiger partial charge >= 0.3 is 0 Å². The van der Waals surface area contributed by atoms with Crippen LogP contribution in [0.25, 0.3) is 12.2 Å². The van der Waals surface area contributed by atoms with E-state index in [-0.39, 0.29) is 6.04 Å². The first-order valence-corrected chi connectivity index (χ1v) is 5.81. The monoisotopic (exact) mass is 238 g/mol. The zero-order chi connectivity index (χ0) is 13.0. The molecule has 0 fully saturated rings. The third-order valence-corrected chi connectivity index (χ3v) is 2.56. The van der Waals surface area contributed by atoms with Crippen molar-refractivity contribution in [1.82, 2.24) is 15.0 Å². The van der Waals surface area contributed by atoms with Gasteiger partial charge in [-0.05, 0) is 25.5 Å². The Morgan fingerprint density at radius 3 is 2.56 bits per heavy atom. The lowest BCUT2D eigenvalue weighted by molar-refractivity contribution is 0.510. The van der Waals surface area contributed by atoms with Gasteiger partial charge in [-0.25, -0.2) is 4.68 Å². The quantitative estimate of drug-likeness (QED) is 0.826. The van der Waals surface area contributed by atoms with E-state index in [9.17, 15) is 0 Å². The Kier molecular flexibility index (Phi) is 3.54. The second kappa shape index (κ2) is 5.28. The molecule has 0 radical (unpaired) electrons. The van der Waals surface area contributed by atoms with Crippen molar-refractivity contribution in [3.05, 3.63) is 47.3 Å². The molecule has 0 saturated heterocycles. The van der Waals surface area contributed by atoms with Crippen LogP contribution in [-0.4, -0.2) is 15.0 Å². The van der Waals surface area contributed by atoms with E-state index in [1.807, 2.05) is 56.3 Å². The summed E-state index contributed by atoms with van der Waals surface area (Å²) in [5.74, 6) is 0. The van der Waals surface area contributed by atoms with Crippen LogP contribution in [0.5, 0.6) is 0 Å². The molecule has 0 unspecified atom stereocenters. The van der Waals surface area contributed by atoms with Gasteiger partial charge in [-0.1, -0.05) is 41.6 Å². The van der Waals surface area contributed by atoms with Crippen LogP contribution in [0.3, 0.4) is 0 Å². The molecule has 1 heterocycles. The van der Waals surface area contributed by atoms with E-state index in [1.165, 1.54) is 0 Å². The molecule has 2 rings (SSSR count). The fraction of sp³-hybridized carbons (Fsp3) is 0.214. The molecule has 0 spiro atoms. The van der Waals surface area contributed by atoms with Crippen LogP contribution in [0.2, 0.25) is 0 Å². The van der Waals surface area contributed by atoms with Crippen LogP contribution in [0.1, 0.15) is 36.8 Å². The number of hydrogen-bond donors (Lipinski definition) is 0. The van der Waals surface area contributed by atoms with Crippen molar-refractivity contribution in [2.75, 3.05) is 0 Å². The highest BCUT2D eigenvalue weighted by atomic mass is 15.4. The first-order valence-electron chi connectivity index (χ1n) is 5.81. The maximum atomic E-state index is 9.01. The molecule has 1 aromatic carbocycles. The van der Waals surface area contributed by atoms with Crippen molar-refractivity contribution in [1.29, 1.82) is 5.26 Å². The molecule has 0 aliphatic rings. The van der Waals surface area contributed by atoms with Crippen LogP contribution in [0.15, 0.2) is 30.3 Å². The minimum absolute atomic E-state index is 0.176. The van der Waals surface area contributed by atoms with Gasteiger partial charge in [-0.15, -0.1) is 5.10 Å². The van der Waals surface area contributed by atoms with E-state index in [0.717, 1.165) is 11.3 Å². The molecule has 0 atom stereocenters. The van der Waals surface area contributed by atoms with Gasteiger partial charge in [0, 0.05) is 6.04 Å². The third-order valence-electron chi connectivity index (χ3n) is 2.56. The first-order chi connectivity index (χ1) is 8.72.